The van der Waals surface area contributed by atoms with Gasteiger partial charge >= 0.3 is 0 Å². The molecule has 0 aliphatic carbocycles. The lowest BCUT2D eigenvalue weighted by molar-refractivity contribution is -0.123. The van der Waals surface area contributed by atoms with Crippen LogP contribution in [0.4, 0.5) is 0 Å². The van der Waals surface area contributed by atoms with E-state index in [4.69, 9.17) is 0 Å². The molecule has 0 bridgehead atoms. The molecule has 1 amide bonds. The highest BCUT2D eigenvalue weighted by Gasteiger charge is 2.25. The van der Waals surface area contributed by atoms with Crippen LogP contribution < -0.4 is 16.0 Å². The van der Waals surface area contributed by atoms with Crippen LogP contribution in [-0.2, 0) is 4.79 Å². The molecule has 4 nitrogen and oxygen atoms in total. The zero-order valence-corrected chi connectivity index (χ0v) is 12.4. The fourth-order valence-corrected chi connectivity index (χ4v) is 3.32. The molecule has 2 fully saturated rings. The molecule has 0 aromatic heterocycles. The van der Waals surface area contributed by atoms with E-state index in [1.165, 1.54) is 12.8 Å². The van der Waals surface area contributed by atoms with Gasteiger partial charge in [-0.2, -0.15) is 0 Å². The molecule has 2 saturated heterocycles. The van der Waals surface area contributed by atoms with E-state index in [0.717, 1.165) is 32.6 Å². The zero-order chi connectivity index (χ0) is 13.7. The van der Waals surface area contributed by atoms with Crippen molar-refractivity contribution in [3.05, 3.63) is 0 Å². The fraction of sp³-hybridized carbons (Fsp3) is 0.933. The molecule has 3 unspecified atom stereocenters. The molecule has 0 spiro atoms. The summed E-state index contributed by atoms with van der Waals surface area (Å²) in [6, 6.07) is 0.321. The number of carbonyl (C=O) groups is 1. The quantitative estimate of drug-likeness (QED) is 0.715. The highest BCUT2D eigenvalue weighted by atomic mass is 16.1. The number of hydrogen-bond acceptors (Lipinski definition) is 3. The smallest absolute Gasteiger partial charge is 0.220 e. The highest BCUT2D eigenvalue weighted by molar-refractivity contribution is 5.76. The second-order valence-corrected chi connectivity index (χ2v) is 6.41. The lowest BCUT2D eigenvalue weighted by atomic mass is 9.84. The summed E-state index contributed by atoms with van der Waals surface area (Å²) >= 11 is 0. The van der Waals surface area contributed by atoms with Crippen LogP contribution in [0.3, 0.4) is 0 Å². The molecule has 0 radical (unpaired) electrons. The summed E-state index contributed by atoms with van der Waals surface area (Å²) < 4.78 is 0. The Morgan fingerprint density at radius 1 is 1.21 bits per heavy atom. The Morgan fingerprint density at radius 2 is 1.89 bits per heavy atom. The van der Waals surface area contributed by atoms with Crippen molar-refractivity contribution in [2.24, 2.45) is 17.8 Å². The van der Waals surface area contributed by atoms with Crippen molar-refractivity contribution >= 4 is 5.91 Å². The Kier molecular flexibility index (Phi) is 5.64. The average molecular weight is 267 g/mol. The standard InChI is InChI=1S/C15H29N3O/c1-11-3-6-17-10-14(11)18-15(19)9-12(2)13-4-7-16-8-5-13/h11-14,16-17H,3-10H2,1-2H3,(H,18,19). The number of piperidine rings is 2. The molecule has 0 aromatic carbocycles. The molecule has 2 aliphatic rings. The largest absolute Gasteiger partial charge is 0.352 e. The van der Waals surface area contributed by atoms with Gasteiger partial charge in [0, 0.05) is 19.0 Å². The van der Waals surface area contributed by atoms with Crippen LogP contribution in [0.1, 0.15) is 39.5 Å². The van der Waals surface area contributed by atoms with Gasteiger partial charge in [0.25, 0.3) is 0 Å². The normalized spacial score (nSPS) is 30.8. The van der Waals surface area contributed by atoms with Crippen LogP contribution in [0.25, 0.3) is 0 Å². The number of amides is 1. The van der Waals surface area contributed by atoms with Crippen molar-refractivity contribution in [1.29, 1.82) is 0 Å². The lowest BCUT2D eigenvalue weighted by Crippen LogP contribution is -2.50. The van der Waals surface area contributed by atoms with Gasteiger partial charge in [0.15, 0.2) is 0 Å². The van der Waals surface area contributed by atoms with Crippen LogP contribution in [-0.4, -0.2) is 38.1 Å². The van der Waals surface area contributed by atoms with E-state index in [2.05, 4.69) is 29.8 Å². The van der Waals surface area contributed by atoms with Gasteiger partial charge in [-0.3, -0.25) is 4.79 Å². The third-order valence-electron chi connectivity index (χ3n) is 4.87. The minimum absolute atomic E-state index is 0.242. The first-order chi connectivity index (χ1) is 9.16. The number of carbonyl (C=O) groups excluding carboxylic acids is 1. The molecular formula is C15H29N3O. The van der Waals surface area contributed by atoms with Gasteiger partial charge in [0.2, 0.25) is 5.91 Å². The van der Waals surface area contributed by atoms with Gasteiger partial charge in [-0.1, -0.05) is 13.8 Å². The van der Waals surface area contributed by atoms with Gasteiger partial charge in [0.1, 0.15) is 0 Å². The number of hydrogen-bond donors (Lipinski definition) is 3. The lowest BCUT2D eigenvalue weighted by Gasteiger charge is -2.32. The monoisotopic (exact) mass is 267 g/mol. The van der Waals surface area contributed by atoms with Crippen LogP contribution in [0.15, 0.2) is 0 Å². The van der Waals surface area contributed by atoms with Gasteiger partial charge in [-0.05, 0) is 56.7 Å². The van der Waals surface area contributed by atoms with Crippen LogP contribution in [0.2, 0.25) is 0 Å². The molecule has 110 valence electrons. The molecule has 2 rings (SSSR count). The fourth-order valence-electron chi connectivity index (χ4n) is 3.32. The van der Waals surface area contributed by atoms with Crippen LogP contribution >= 0.6 is 0 Å². The second kappa shape index (κ2) is 7.25. The molecule has 3 atom stereocenters. The molecule has 0 saturated carbocycles. The van der Waals surface area contributed by atoms with E-state index in [1.807, 2.05) is 0 Å². The molecular weight excluding hydrogens is 238 g/mol. The van der Waals surface area contributed by atoms with Crippen molar-refractivity contribution in [2.75, 3.05) is 26.2 Å². The SMILES string of the molecule is CC(CC(=O)NC1CNCCC1C)C1CCNCC1. The Bertz CT molecular complexity index is 289. The summed E-state index contributed by atoms with van der Waals surface area (Å²) in [6.07, 6.45) is 4.29. The van der Waals surface area contributed by atoms with Gasteiger partial charge < -0.3 is 16.0 Å². The van der Waals surface area contributed by atoms with Crippen molar-refractivity contribution in [1.82, 2.24) is 16.0 Å². The van der Waals surface area contributed by atoms with Crippen molar-refractivity contribution in [3.63, 3.8) is 0 Å². The maximum atomic E-state index is 12.2. The van der Waals surface area contributed by atoms with E-state index in [1.54, 1.807) is 0 Å². The van der Waals surface area contributed by atoms with E-state index in [0.29, 0.717) is 30.2 Å². The molecule has 0 aromatic rings. The van der Waals surface area contributed by atoms with Crippen LogP contribution in [0, 0.1) is 17.8 Å². The Labute approximate surface area is 117 Å². The summed E-state index contributed by atoms with van der Waals surface area (Å²) in [5.41, 5.74) is 0. The van der Waals surface area contributed by atoms with E-state index in [-0.39, 0.29) is 5.91 Å². The molecule has 2 aliphatic heterocycles. The predicted molar refractivity (Wildman–Crippen MR) is 78.0 cm³/mol. The van der Waals surface area contributed by atoms with Crippen molar-refractivity contribution in [2.45, 2.75) is 45.6 Å². The van der Waals surface area contributed by atoms with Gasteiger partial charge in [-0.15, -0.1) is 0 Å². The van der Waals surface area contributed by atoms with Crippen molar-refractivity contribution < 1.29 is 4.79 Å². The number of nitrogens with one attached hydrogen (secondary N) is 3. The van der Waals surface area contributed by atoms with Gasteiger partial charge in [-0.25, -0.2) is 0 Å². The second-order valence-electron chi connectivity index (χ2n) is 6.41. The number of rotatable bonds is 4. The summed E-state index contributed by atoms with van der Waals surface area (Å²) in [4.78, 5) is 12.2. The first kappa shape index (κ1) is 14.8. The first-order valence-corrected chi connectivity index (χ1v) is 7.87. The summed E-state index contributed by atoms with van der Waals surface area (Å²) in [5, 5.41) is 9.97. The molecule has 2 heterocycles. The minimum atomic E-state index is 0.242. The zero-order valence-electron chi connectivity index (χ0n) is 12.4. The summed E-state index contributed by atoms with van der Waals surface area (Å²) in [5.74, 6) is 2.06. The Hall–Kier alpha value is -0.610. The topological polar surface area (TPSA) is 53.2 Å². The predicted octanol–water partition coefficient (Wildman–Crippen LogP) is 1.13. The Morgan fingerprint density at radius 3 is 2.58 bits per heavy atom. The average Bonchev–Trinajstić information content (AvgIpc) is 2.42. The summed E-state index contributed by atoms with van der Waals surface area (Å²) in [6.45, 7) is 8.70. The van der Waals surface area contributed by atoms with E-state index < -0.39 is 0 Å². The third-order valence-corrected chi connectivity index (χ3v) is 4.87. The van der Waals surface area contributed by atoms with Gasteiger partial charge in [0.05, 0.1) is 0 Å². The Balaban J connectivity index is 1.73. The van der Waals surface area contributed by atoms with E-state index >= 15 is 0 Å². The van der Waals surface area contributed by atoms with E-state index in [9.17, 15) is 4.79 Å². The maximum absolute atomic E-state index is 12.2. The van der Waals surface area contributed by atoms with Crippen molar-refractivity contribution in [3.8, 4) is 0 Å². The summed E-state index contributed by atoms with van der Waals surface area (Å²) in [7, 11) is 0. The minimum Gasteiger partial charge on any atom is -0.352 e. The maximum Gasteiger partial charge on any atom is 0.220 e. The first-order valence-electron chi connectivity index (χ1n) is 7.87. The molecule has 3 N–H and O–H groups in total. The third kappa shape index (κ3) is 4.46. The molecule has 19 heavy (non-hydrogen) atoms. The highest BCUT2D eigenvalue weighted by Crippen LogP contribution is 2.24. The van der Waals surface area contributed by atoms with Crippen LogP contribution in [0.5, 0.6) is 0 Å². The molecule has 4 heteroatoms.